The number of carbonyl (C=O) groups excluding carboxylic acids is 1. The molecule has 0 radical (unpaired) electrons. The van der Waals surface area contributed by atoms with E-state index < -0.39 is 5.97 Å². The maximum absolute atomic E-state index is 13.8. The predicted molar refractivity (Wildman–Crippen MR) is 81.8 cm³/mol. The third kappa shape index (κ3) is 3.44. The molecule has 0 aliphatic heterocycles. The van der Waals surface area contributed by atoms with Gasteiger partial charge in [-0.3, -0.25) is 9.78 Å². The Labute approximate surface area is 136 Å². The van der Waals surface area contributed by atoms with Crippen molar-refractivity contribution in [3.63, 3.8) is 0 Å². The van der Waals surface area contributed by atoms with Gasteiger partial charge in [0.15, 0.2) is 6.61 Å². The van der Waals surface area contributed by atoms with Crippen LogP contribution in [0.4, 0.5) is 4.39 Å². The maximum atomic E-state index is 13.8. The summed E-state index contributed by atoms with van der Waals surface area (Å²) in [5.41, 5.74) is 6.68. The average molecular weight is 328 g/mol. The lowest BCUT2D eigenvalue weighted by Crippen LogP contribution is -2.16. The van der Waals surface area contributed by atoms with E-state index in [1.807, 2.05) is 0 Å². The number of halogens is 1. The lowest BCUT2D eigenvalue weighted by atomic mass is 10.1. The minimum atomic E-state index is -0.567. The molecule has 0 saturated carbocycles. The van der Waals surface area contributed by atoms with Gasteiger partial charge in [0.2, 0.25) is 5.82 Å². The van der Waals surface area contributed by atoms with E-state index in [9.17, 15) is 9.18 Å². The van der Waals surface area contributed by atoms with Crippen LogP contribution in [0, 0.1) is 5.82 Å². The highest BCUT2D eigenvalue weighted by molar-refractivity contribution is 5.71. The molecule has 0 atom stereocenters. The van der Waals surface area contributed by atoms with Crippen LogP contribution in [0.3, 0.4) is 0 Å². The Bertz CT molecular complexity index is 849. The largest absolute Gasteiger partial charge is 0.455 e. The van der Waals surface area contributed by atoms with Crippen molar-refractivity contribution >= 4 is 5.97 Å². The van der Waals surface area contributed by atoms with Crippen molar-refractivity contribution in [2.24, 2.45) is 5.73 Å². The van der Waals surface area contributed by atoms with Gasteiger partial charge < -0.3 is 15.0 Å². The molecule has 3 rings (SSSR count). The van der Waals surface area contributed by atoms with Gasteiger partial charge in [0.1, 0.15) is 11.5 Å². The lowest BCUT2D eigenvalue weighted by Gasteiger charge is -2.03. The highest BCUT2D eigenvalue weighted by Gasteiger charge is 2.12. The minimum Gasteiger partial charge on any atom is -0.455 e. The fourth-order valence-corrected chi connectivity index (χ4v) is 2.00. The van der Waals surface area contributed by atoms with Gasteiger partial charge in [0.05, 0.1) is 6.54 Å². The summed E-state index contributed by atoms with van der Waals surface area (Å²) in [5.74, 6) is -0.515. The van der Waals surface area contributed by atoms with E-state index >= 15 is 0 Å². The Hall–Kier alpha value is -3.13. The van der Waals surface area contributed by atoms with Crippen LogP contribution in [0.15, 0.2) is 47.1 Å². The number of nitrogens with zero attached hydrogens (tertiary/aromatic N) is 3. The fourth-order valence-electron chi connectivity index (χ4n) is 2.00. The van der Waals surface area contributed by atoms with Gasteiger partial charge >= 0.3 is 5.97 Å². The second-order valence-electron chi connectivity index (χ2n) is 4.79. The monoisotopic (exact) mass is 328 g/mol. The van der Waals surface area contributed by atoms with Crippen molar-refractivity contribution in [1.82, 2.24) is 15.1 Å². The summed E-state index contributed by atoms with van der Waals surface area (Å²) in [7, 11) is 0. The Morgan fingerprint density at radius 3 is 2.79 bits per heavy atom. The van der Waals surface area contributed by atoms with E-state index in [1.54, 1.807) is 30.3 Å². The molecule has 8 heteroatoms. The first-order valence-corrected chi connectivity index (χ1v) is 7.07. The summed E-state index contributed by atoms with van der Waals surface area (Å²) in [6.07, 6.45) is 1.53. The van der Waals surface area contributed by atoms with Crippen molar-refractivity contribution in [3.05, 3.63) is 54.3 Å². The summed E-state index contributed by atoms with van der Waals surface area (Å²) in [4.78, 5) is 19.3. The third-order valence-corrected chi connectivity index (χ3v) is 3.17. The average Bonchev–Trinajstić information content (AvgIpc) is 3.09. The van der Waals surface area contributed by atoms with Crippen LogP contribution in [0.5, 0.6) is 0 Å². The zero-order chi connectivity index (χ0) is 16.9. The van der Waals surface area contributed by atoms with E-state index in [-0.39, 0.29) is 30.7 Å². The van der Waals surface area contributed by atoms with Crippen molar-refractivity contribution in [3.8, 4) is 22.6 Å². The summed E-state index contributed by atoms with van der Waals surface area (Å²) in [6, 6.07) is 9.80. The van der Waals surface area contributed by atoms with Crippen molar-refractivity contribution < 1.29 is 18.4 Å². The number of ether oxygens (including phenoxy) is 1. The van der Waals surface area contributed by atoms with Crippen LogP contribution in [0.2, 0.25) is 0 Å². The van der Waals surface area contributed by atoms with Gasteiger partial charge in [-0.15, -0.1) is 0 Å². The summed E-state index contributed by atoms with van der Waals surface area (Å²) < 4.78 is 23.5. The van der Waals surface area contributed by atoms with Crippen LogP contribution in [0.25, 0.3) is 22.6 Å². The molecule has 0 unspecified atom stereocenters. The number of pyridine rings is 1. The van der Waals surface area contributed by atoms with Crippen molar-refractivity contribution in [2.45, 2.75) is 6.61 Å². The molecule has 122 valence electrons. The number of hydrogen-bond donors (Lipinski definition) is 1. The molecule has 0 amide bonds. The molecule has 0 aliphatic rings. The molecule has 2 aromatic heterocycles. The van der Waals surface area contributed by atoms with Crippen molar-refractivity contribution in [1.29, 1.82) is 0 Å². The molecule has 0 aliphatic carbocycles. The normalized spacial score (nSPS) is 10.6. The first-order valence-electron chi connectivity index (χ1n) is 7.07. The summed E-state index contributed by atoms with van der Waals surface area (Å²) in [5, 5.41) is 3.76. The molecule has 0 bridgehead atoms. The molecule has 2 heterocycles. The number of aromatic nitrogens is 3. The smallest absolute Gasteiger partial charge is 0.320 e. The van der Waals surface area contributed by atoms with E-state index in [2.05, 4.69) is 15.1 Å². The standard InChI is InChI=1S/C16H13FN4O3/c17-12-4-2-1-3-11(12)10-5-6-13(19-8-10)16-20-14(24-21-16)9-23-15(22)7-18/h1-6,8H,7,9,18H2. The Balaban J connectivity index is 1.75. The minimum absolute atomic E-state index is 0.131. The van der Waals surface area contributed by atoms with Crippen LogP contribution < -0.4 is 5.73 Å². The van der Waals surface area contributed by atoms with E-state index in [1.165, 1.54) is 12.3 Å². The highest BCUT2D eigenvalue weighted by Crippen LogP contribution is 2.23. The van der Waals surface area contributed by atoms with Gasteiger partial charge in [-0.05, 0) is 12.1 Å². The molecule has 0 saturated heterocycles. The molecule has 0 spiro atoms. The number of benzene rings is 1. The first-order chi connectivity index (χ1) is 11.7. The van der Waals surface area contributed by atoms with E-state index in [0.29, 0.717) is 16.8 Å². The number of rotatable bonds is 5. The SMILES string of the molecule is NCC(=O)OCc1nc(-c2ccc(-c3ccccc3F)cn2)no1. The third-order valence-electron chi connectivity index (χ3n) is 3.17. The van der Waals surface area contributed by atoms with Crippen molar-refractivity contribution in [2.75, 3.05) is 6.54 Å². The predicted octanol–water partition coefficient (Wildman–Crippen LogP) is 1.94. The number of hydrogen-bond acceptors (Lipinski definition) is 7. The van der Waals surface area contributed by atoms with Crippen LogP contribution in [-0.2, 0) is 16.1 Å². The number of nitrogens with two attached hydrogens (primary N) is 1. The number of carbonyl (C=O) groups is 1. The van der Waals surface area contributed by atoms with E-state index in [4.69, 9.17) is 15.0 Å². The molecule has 1 aromatic carbocycles. The van der Waals surface area contributed by atoms with E-state index in [0.717, 1.165) is 0 Å². The highest BCUT2D eigenvalue weighted by atomic mass is 19.1. The van der Waals surface area contributed by atoms with Crippen LogP contribution >= 0.6 is 0 Å². The Morgan fingerprint density at radius 1 is 1.25 bits per heavy atom. The maximum Gasteiger partial charge on any atom is 0.320 e. The molecule has 24 heavy (non-hydrogen) atoms. The summed E-state index contributed by atoms with van der Waals surface area (Å²) >= 11 is 0. The van der Waals surface area contributed by atoms with Gasteiger partial charge in [0, 0.05) is 17.3 Å². The topological polar surface area (TPSA) is 104 Å². The van der Waals surface area contributed by atoms with Gasteiger partial charge in [-0.2, -0.15) is 4.98 Å². The number of esters is 1. The zero-order valence-corrected chi connectivity index (χ0v) is 12.5. The van der Waals surface area contributed by atoms with Gasteiger partial charge in [-0.1, -0.05) is 29.4 Å². The Kier molecular flexibility index (Phi) is 4.57. The Morgan fingerprint density at radius 2 is 2.08 bits per heavy atom. The second-order valence-corrected chi connectivity index (χ2v) is 4.79. The van der Waals surface area contributed by atoms with Gasteiger partial charge in [-0.25, -0.2) is 4.39 Å². The fraction of sp³-hybridized carbons (Fsp3) is 0.125. The molecule has 7 nitrogen and oxygen atoms in total. The second kappa shape index (κ2) is 6.97. The molecule has 0 fully saturated rings. The van der Waals surface area contributed by atoms with Gasteiger partial charge in [0.25, 0.3) is 5.89 Å². The first kappa shape index (κ1) is 15.8. The molecule has 3 aromatic rings. The molecule has 2 N–H and O–H groups in total. The zero-order valence-electron chi connectivity index (χ0n) is 12.5. The molecular weight excluding hydrogens is 315 g/mol. The van der Waals surface area contributed by atoms with Crippen LogP contribution in [-0.4, -0.2) is 27.6 Å². The quantitative estimate of drug-likeness (QED) is 0.714. The lowest BCUT2D eigenvalue weighted by molar-refractivity contribution is -0.143. The summed E-state index contributed by atoms with van der Waals surface area (Å²) in [6.45, 7) is -0.379. The van der Waals surface area contributed by atoms with Crippen LogP contribution in [0.1, 0.15) is 5.89 Å². The molecular formula is C16H13FN4O3.